The van der Waals surface area contributed by atoms with Gasteiger partial charge < -0.3 is 10.1 Å². The number of fused-ring (bicyclic) bond motifs is 1. The van der Waals surface area contributed by atoms with E-state index in [1.54, 1.807) is 11.3 Å². The lowest BCUT2D eigenvalue weighted by Gasteiger charge is -2.15. The Balaban J connectivity index is 1.26. The van der Waals surface area contributed by atoms with E-state index in [4.69, 9.17) is 9.72 Å². The molecule has 1 saturated heterocycles. The number of hydrogen-bond acceptors (Lipinski definition) is 7. The lowest BCUT2D eigenvalue weighted by molar-refractivity contribution is 0.0980. The molecule has 0 spiro atoms. The number of nitrogens with one attached hydrogen (secondary N) is 1. The largest absolute Gasteiger partial charge is 0.492 e. The first-order chi connectivity index (χ1) is 18.1. The maximum Gasteiger partial charge on any atom is 0.227 e. The molecule has 2 aromatic heterocycles. The average molecular weight is 515 g/mol. The molecule has 0 amide bonds. The number of aromatic nitrogens is 2. The van der Waals surface area contributed by atoms with Gasteiger partial charge in [0.1, 0.15) is 12.4 Å². The second-order valence-electron chi connectivity index (χ2n) is 9.66. The number of nitrogens with zero attached hydrogens (tertiary/aromatic N) is 3. The van der Waals surface area contributed by atoms with Gasteiger partial charge in [-0.05, 0) is 98.8 Å². The molecule has 5 rings (SSSR count). The van der Waals surface area contributed by atoms with Gasteiger partial charge in [0, 0.05) is 35.1 Å². The number of aryl methyl sites for hydroxylation is 1. The van der Waals surface area contributed by atoms with E-state index >= 15 is 0 Å². The molecule has 1 aliphatic rings. The summed E-state index contributed by atoms with van der Waals surface area (Å²) in [6.07, 6.45) is 7.00. The number of carbonyl (C=O) groups excluding carboxylic acids is 1. The molecule has 1 aliphatic heterocycles. The summed E-state index contributed by atoms with van der Waals surface area (Å²) >= 11 is 1.69. The van der Waals surface area contributed by atoms with Gasteiger partial charge in [-0.3, -0.25) is 9.69 Å². The zero-order valence-corrected chi connectivity index (χ0v) is 22.4. The lowest BCUT2D eigenvalue weighted by atomic mass is 10.0. The Morgan fingerprint density at radius 1 is 1.11 bits per heavy atom. The standard InChI is InChI=1S/C30H34N4O2S/c1-3-4-7-26(35)22-8-13-27-23(18-22)19-28(37-27)29-21(2)20-31-30(33-29)32-24-9-11-25(12-10-24)36-17-16-34-14-5-6-15-34/h8-13,18-20H,3-7,14-17H2,1-2H3,(H,31,32,33). The Morgan fingerprint density at radius 3 is 2.70 bits per heavy atom. The van der Waals surface area contributed by atoms with Crippen LogP contribution in [0, 0.1) is 6.92 Å². The zero-order valence-electron chi connectivity index (χ0n) is 21.6. The fourth-order valence-corrected chi connectivity index (χ4v) is 5.73. The summed E-state index contributed by atoms with van der Waals surface area (Å²) in [6.45, 7) is 8.19. The number of ketones is 1. The van der Waals surface area contributed by atoms with E-state index in [1.807, 2.05) is 55.6 Å². The molecular formula is C30H34N4O2S. The van der Waals surface area contributed by atoms with E-state index in [1.165, 1.54) is 25.9 Å². The van der Waals surface area contributed by atoms with Gasteiger partial charge in [-0.15, -0.1) is 11.3 Å². The molecule has 0 bridgehead atoms. The minimum absolute atomic E-state index is 0.212. The van der Waals surface area contributed by atoms with Crippen LogP contribution in [-0.4, -0.2) is 46.9 Å². The number of Topliss-reactive ketones (excluding diaryl/α,β-unsaturated/α-hetero) is 1. The molecule has 37 heavy (non-hydrogen) atoms. The minimum Gasteiger partial charge on any atom is -0.492 e. The number of unbranched alkanes of at least 4 members (excludes halogenated alkanes) is 1. The minimum atomic E-state index is 0.212. The van der Waals surface area contributed by atoms with Gasteiger partial charge in [-0.25, -0.2) is 9.97 Å². The van der Waals surface area contributed by atoms with Crippen LogP contribution in [0.4, 0.5) is 11.6 Å². The van der Waals surface area contributed by atoms with Crippen molar-refractivity contribution < 1.29 is 9.53 Å². The van der Waals surface area contributed by atoms with Crippen LogP contribution in [0.25, 0.3) is 20.7 Å². The predicted octanol–water partition coefficient (Wildman–Crippen LogP) is 7.26. The summed E-state index contributed by atoms with van der Waals surface area (Å²) in [6, 6.07) is 16.1. The van der Waals surface area contributed by atoms with Crippen LogP contribution >= 0.6 is 11.3 Å². The van der Waals surface area contributed by atoms with Gasteiger partial charge in [0.25, 0.3) is 0 Å². The van der Waals surface area contributed by atoms with Crippen molar-refractivity contribution in [1.82, 2.24) is 14.9 Å². The third kappa shape index (κ3) is 6.35. The first-order valence-corrected chi connectivity index (χ1v) is 14.0. The number of thiophene rings is 1. The average Bonchev–Trinajstić information content (AvgIpc) is 3.59. The van der Waals surface area contributed by atoms with E-state index < -0.39 is 0 Å². The molecule has 0 aliphatic carbocycles. The van der Waals surface area contributed by atoms with Crippen LogP contribution in [0.2, 0.25) is 0 Å². The van der Waals surface area contributed by atoms with Gasteiger partial charge in [0.15, 0.2) is 5.78 Å². The summed E-state index contributed by atoms with van der Waals surface area (Å²) in [5, 5.41) is 4.40. The van der Waals surface area contributed by atoms with E-state index in [0.717, 1.165) is 62.6 Å². The Morgan fingerprint density at radius 2 is 1.92 bits per heavy atom. The summed E-state index contributed by atoms with van der Waals surface area (Å²) in [4.78, 5) is 25.3. The Kier molecular flexibility index (Phi) is 8.12. The number of ether oxygens (including phenoxy) is 1. The fourth-order valence-electron chi connectivity index (χ4n) is 4.63. The predicted molar refractivity (Wildman–Crippen MR) is 152 cm³/mol. The van der Waals surface area contributed by atoms with E-state index in [2.05, 4.69) is 28.2 Å². The maximum absolute atomic E-state index is 12.5. The van der Waals surface area contributed by atoms with Crippen molar-refractivity contribution in [3.8, 4) is 16.3 Å². The van der Waals surface area contributed by atoms with Crippen molar-refractivity contribution in [3.63, 3.8) is 0 Å². The molecule has 1 fully saturated rings. The summed E-state index contributed by atoms with van der Waals surface area (Å²) in [7, 11) is 0. The fraction of sp³-hybridized carbons (Fsp3) is 0.367. The summed E-state index contributed by atoms with van der Waals surface area (Å²) in [5.74, 6) is 1.63. The van der Waals surface area contributed by atoms with Crippen LogP contribution in [0.3, 0.4) is 0 Å². The highest BCUT2D eigenvalue weighted by atomic mass is 32.1. The third-order valence-electron chi connectivity index (χ3n) is 6.79. The molecule has 4 aromatic rings. The zero-order chi connectivity index (χ0) is 25.6. The molecule has 2 aromatic carbocycles. The molecule has 0 saturated carbocycles. The van der Waals surface area contributed by atoms with Gasteiger partial charge in [-0.2, -0.15) is 0 Å². The van der Waals surface area contributed by atoms with Crippen LogP contribution in [0.5, 0.6) is 5.75 Å². The first kappa shape index (κ1) is 25.4. The van der Waals surface area contributed by atoms with Gasteiger partial charge in [0.2, 0.25) is 5.95 Å². The van der Waals surface area contributed by atoms with Crippen LogP contribution in [-0.2, 0) is 0 Å². The highest BCUT2D eigenvalue weighted by Crippen LogP contribution is 2.35. The Labute approximate surface area is 222 Å². The molecule has 6 nitrogen and oxygen atoms in total. The normalized spacial score (nSPS) is 13.8. The SMILES string of the molecule is CCCCC(=O)c1ccc2sc(-c3nc(Nc4ccc(OCCN5CCCC5)cc4)ncc3C)cc2c1. The number of carbonyl (C=O) groups is 1. The molecule has 0 atom stereocenters. The lowest BCUT2D eigenvalue weighted by Crippen LogP contribution is -2.25. The van der Waals surface area contributed by atoms with Crippen molar-refractivity contribution in [2.75, 3.05) is 31.6 Å². The number of hydrogen-bond donors (Lipinski definition) is 1. The first-order valence-electron chi connectivity index (χ1n) is 13.2. The molecule has 3 heterocycles. The topological polar surface area (TPSA) is 67.3 Å². The second-order valence-corrected chi connectivity index (χ2v) is 10.7. The second kappa shape index (κ2) is 11.8. The molecular weight excluding hydrogens is 480 g/mol. The molecule has 0 unspecified atom stereocenters. The smallest absolute Gasteiger partial charge is 0.227 e. The van der Waals surface area contributed by atoms with Crippen LogP contribution in [0.1, 0.15) is 54.9 Å². The van der Waals surface area contributed by atoms with E-state index in [-0.39, 0.29) is 5.78 Å². The third-order valence-corrected chi connectivity index (χ3v) is 7.91. The Hall–Kier alpha value is -3.29. The number of likely N-dealkylation sites (tertiary alicyclic amines) is 1. The van der Waals surface area contributed by atoms with Crippen molar-refractivity contribution >= 4 is 38.8 Å². The Bertz CT molecular complexity index is 1360. The van der Waals surface area contributed by atoms with Crippen LogP contribution in [0.15, 0.2) is 54.7 Å². The maximum atomic E-state index is 12.5. The van der Waals surface area contributed by atoms with Gasteiger partial charge in [-0.1, -0.05) is 13.3 Å². The van der Waals surface area contributed by atoms with Gasteiger partial charge in [0.05, 0.1) is 10.6 Å². The number of benzene rings is 2. The quantitative estimate of drug-likeness (QED) is 0.213. The number of anilines is 2. The van der Waals surface area contributed by atoms with Crippen molar-refractivity contribution in [3.05, 3.63) is 65.9 Å². The van der Waals surface area contributed by atoms with Gasteiger partial charge >= 0.3 is 0 Å². The highest BCUT2D eigenvalue weighted by Gasteiger charge is 2.14. The van der Waals surface area contributed by atoms with E-state index in [9.17, 15) is 4.79 Å². The molecule has 192 valence electrons. The van der Waals surface area contributed by atoms with Crippen molar-refractivity contribution in [2.45, 2.75) is 46.0 Å². The molecule has 1 N–H and O–H groups in total. The number of rotatable bonds is 11. The monoisotopic (exact) mass is 514 g/mol. The summed E-state index contributed by atoms with van der Waals surface area (Å²) < 4.78 is 7.06. The molecule has 7 heteroatoms. The van der Waals surface area contributed by atoms with E-state index in [0.29, 0.717) is 19.0 Å². The summed E-state index contributed by atoms with van der Waals surface area (Å²) in [5.41, 5.74) is 3.61. The highest BCUT2D eigenvalue weighted by molar-refractivity contribution is 7.22. The van der Waals surface area contributed by atoms with Crippen molar-refractivity contribution in [2.24, 2.45) is 0 Å². The molecule has 0 radical (unpaired) electrons. The van der Waals surface area contributed by atoms with Crippen molar-refractivity contribution in [1.29, 1.82) is 0 Å². The van der Waals surface area contributed by atoms with Crippen LogP contribution < -0.4 is 10.1 Å².